The van der Waals surface area contributed by atoms with Crippen LogP contribution in [-0.4, -0.2) is 29.8 Å². The van der Waals surface area contributed by atoms with Gasteiger partial charge in [-0.3, -0.25) is 4.99 Å². The number of hydrogen-bond acceptors (Lipinski definition) is 3. The summed E-state index contributed by atoms with van der Waals surface area (Å²) in [5.41, 5.74) is 1.14. The zero-order valence-corrected chi connectivity index (χ0v) is 7.58. The normalized spacial score (nSPS) is 43.4. The summed E-state index contributed by atoms with van der Waals surface area (Å²) < 4.78 is 5.66. The summed E-state index contributed by atoms with van der Waals surface area (Å²) in [6.07, 6.45) is 10.6. The molecule has 1 fully saturated rings. The highest BCUT2D eigenvalue weighted by Crippen LogP contribution is 2.38. The van der Waals surface area contributed by atoms with Gasteiger partial charge in [-0.15, -0.1) is 0 Å². The maximum Gasteiger partial charge on any atom is 0.159 e. The average molecular weight is 189 g/mol. The highest BCUT2D eigenvalue weighted by atomic mass is 16.5. The largest absolute Gasteiger partial charge is 0.386 e. The molecule has 3 rings (SSSR count). The maximum atomic E-state index is 9.70. The summed E-state index contributed by atoms with van der Waals surface area (Å²) in [6, 6.07) is 0. The van der Waals surface area contributed by atoms with Gasteiger partial charge in [0, 0.05) is 12.1 Å². The third-order valence-electron chi connectivity index (χ3n) is 2.85. The van der Waals surface area contributed by atoms with Gasteiger partial charge in [-0.25, -0.2) is 0 Å². The Morgan fingerprint density at radius 2 is 2.21 bits per heavy atom. The first-order chi connectivity index (χ1) is 6.86. The SMILES string of the molecule is OC1C=CC=C2C3C=CC=NC3OC21. The van der Waals surface area contributed by atoms with Crippen LogP contribution in [0.4, 0.5) is 0 Å². The molecule has 3 heteroatoms. The molecule has 1 N–H and O–H groups in total. The first-order valence-corrected chi connectivity index (χ1v) is 4.78. The van der Waals surface area contributed by atoms with Crippen molar-refractivity contribution in [2.45, 2.75) is 18.4 Å². The Morgan fingerprint density at radius 3 is 3.14 bits per heavy atom. The van der Waals surface area contributed by atoms with Crippen LogP contribution in [-0.2, 0) is 4.74 Å². The molecule has 3 nitrogen and oxygen atoms in total. The lowest BCUT2D eigenvalue weighted by Gasteiger charge is -2.18. The summed E-state index contributed by atoms with van der Waals surface area (Å²) in [4.78, 5) is 4.24. The summed E-state index contributed by atoms with van der Waals surface area (Å²) in [5.74, 6) is 0.213. The Hall–Kier alpha value is -1.19. The lowest BCUT2D eigenvalue weighted by molar-refractivity contribution is -0.00725. The smallest absolute Gasteiger partial charge is 0.159 e. The van der Waals surface area contributed by atoms with E-state index in [1.54, 1.807) is 12.3 Å². The van der Waals surface area contributed by atoms with Crippen molar-refractivity contribution < 1.29 is 9.84 Å². The third kappa shape index (κ3) is 1.03. The molecule has 1 aliphatic carbocycles. The van der Waals surface area contributed by atoms with Crippen LogP contribution in [0, 0.1) is 5.92 Å². The number of dihydropyridines is 1. The van der Waals surface area contributed by atoms with Crippen molar-refractivity contribution in [1.29, 1.82) is 0 Å². The van der Waals surface area contributed by atoms with Gasteiger partial charge in [-0.05, 0) is 11.6 Å². The minimum absolute atomic E-state index is 0.134. The number of allylic oxidation sites excluding steroid dienone is 3. The molecule has 0 spiro atoms. The van der Waals surface area contributed by atoms with Crippen molar-refractivity contribution in [3.05, 3.63) is 36.0 Å². The molecule has 3 aliphatic rings. The van der Waals surface area contributed by atoms with Crippen molar-refractivity contribution >= 4 is 6.21 Å². The van der Waals surface area contributed by atoms with Crippen LogP contribution in [0.5, 0.6) is 0 Å². The van der Waals surface area contributed by atoms with E-state index in [0.717, 1.165) is 5.57 Å². The molecule has 0 radical (unpaired) electrons. The van der Waals surface area contributed by atoms with E-state index >= 15 is 0 Å². The average Bonchev–Trinajstić information content (AvgIpc) is 2.59. The fourth-order valence-corrected chi connectivity index (χ4v) is 2.17. The number of hydrogen-bond donors (Lipinski definition) is 1. The van der Waals surface area contributed by atoms with E-state index in [2.05, 4.69) is 11.1 Å². The van der Waals surface area contributed by atoms with Crippen LogP contribution in [0.15, 0.2) is 40.9 Å². The van der Waals surface area contributed by atoms with E-state index in [0.29, 0.717) is 0 Å². The van der Waals surface area contributed by atoms with E-state index in [-0.39, 0.29) is 18.2 Å². The first-order valence-electron chi connectivity index (χ1n) is 4.78. The van der Waals surface area contributed by atoms with E-state index < -0.39 is 6.10 Å². The molecule has 2 heterocycles. The molecule has 4 unspecified atom stereocenters. The van der Waals surface area contributed by atoms with Gasteiger partial charge in [0.05, 0.1) is 0 Å². The van der Waals surface area contributed by atoms with Crippen LogP contribution < -0.4 is 0 Å². The molecule has 0 aromatic rings. The van der Waals surface area contributed by atoms with E-state index in [9.17, 15) is 5.11 Å². The Morgan fingerprint density at radius 1 is 1.29 bits per heavy atom. The molecule has 0 aromatic carbocycles. The lowest BCUT2D eigenvalue weighted by Crippen LogP contribution is -2.27. The monoisotopic (exact) mass is 189 g/mol. The number of aliphatic imine (C=N–C) groups is 1. The Kier molecular flexibility index (Phi) is 1.69. The molecule has 0 saturated carbocycles. The fourth-order valence-electron chi connectivity index (χ4n) is 2.17. The second-order valence-corrected chi connectivity index (χ2v) is 3.70. The van der Waals surface area contributed by atoms with Gasteiger partial charge in [0.25, 0.3) is 0 Å². The van der Waals surface area contributed by atoms with Crippen molar-refractivity contribution in [3.8, 4) is 0 Å². The van der Waals surface area contributed by atoms with Gasteiger partial charge in [0.1, 0.15) is 12.2 Å². The Bertz CT molecular complexity index is 367. The highest BCUT2D eigenvalue weighted by molar-refractivity contribution is 5.72. The molecule has 0 bridgehead atoms. The molecule has 4 atom stereocenters. The summed E-state index contributed by atoms with van der Waals surface area (Å²) in [5, 5.41) is 9.70. The van der Waals surface area contributed by atoms with Gasteiger partial charge < -0.3 is 9.84 Å². The summed E-state index contributed by atoms with van der Waals surface area (Å²) in [7, 11) is 0. The fraction of sp³-hybridized carbons (Fsp3) is 0.364. The number of rotatable bonds is 0. The Balaban J connectivity index is 1.99. The maximum absolute atomic E-state index is 9.70. The Labute approximate surface area is 82.1 Å². The number of aliphatic hydroxyl groups excluding tert-OH is 1. The lowest BCUT2D eigenvalue weighted by atomic mass is 9.89. The zero-order chi connectivity index (χ0) is 9.54. The number of nitrogens with zero attached hydrogens (tertiary/aromatic N) is 1. The minimum Gasteiger partial charge on any atom is -0.386 e. The van der Waals surface area contributed by atoms with Crippen LogP contribution in [0.25, 0.3) is 0 Å². The molecule has 2 aliphatic heterocycles. The quantitative estimate of drug-likeness (QED) is 0.613. The van der Waals surface area contributed by atoms with Gasteiger partial charge >= 0.3 is 0 Å². The molecular formula is C11H11NO2. The summed E-state index contributed by atoms with van der Waals surface area (Å²) >= 11 is 0. The first kappa shape index (κ1) is 8.15. The van der Waals surface area contributed by atoms with Gasteiger partial charge in [0.2, 0.25) is 0 Å². The number of ether oxygens (including phenoxy) is 1. The topological polar surface area (TPSA) is 41.8 Å². The third-order valence-corrected chi connectivity index (χ3v) is 2.85. The second kappa shape index (κ2) is 2.90. The van der Waals surface area contributed by atoms with E-state index in [1.807, 2.05) is 18.2 Å². The van der Waals surface area contributed by atoms with E-state index in [4.69, 9.17) is 4.74 Å². The minimum atomic E-state index is -0.524. The number of fused-ring (bicyclic) bond motifs is 3. The molecular weight excluding hydrogens is 178 g/mol. The molecule has 0 aromatic heterocycles. The predicted molar refractivity (Wildman–Crippen MR) is 53.0 cm³/mol. The van der Waals surface area contributed by atoms with Gasteiger partial charge in [-0.2, -0.15) is 0 Å². The number of aliphatic hydroxyl groups is 1. The zero-order valence-electron chi connectivity index (χ0n) is 7.58. The van der Waals surface area contributed by atoms with Crippen LogP contribution in [0.2, 0.25) is 0 Å². The van der Waals surface area contributed by atoms with Crippen molar-refractivity contribution in [2.75, 3.05) is 0 Å². The van der Waals surface area contributed by atoms with Crippen LogP contribution in [0.3, 0.4) is 0 Å². The van der Waals surface area contributed by atoms with Crippen molar-refractivity contribution in [3.63, 3.8) is 0 Å². The van der Waals surface area contributed by atoms with Crippen molar-refractivity contribution in [1.82, 2.24) is 0 Å². The standard InChI is InChI=1S/C11H11NO2/c13-9-5-1-3-7-8-4-2-6-12-11(8)14-10(7)9/h1-6,8-11,13H. The van der Waals surface area contributed by atoms with Crippen molar-refractivity contribution in [2.24, 2.45) is 10.9 Å². The van der Waals surface area contributed by atoms with Gasteiger partial charge in [-0.1, -0.05) is 24.3 Å². The molecule has 1 saturated heterocycles. The van der Waals surface area contributed by atoms with Crippen LogP contribution in [0.1, 0.15) is 0 Å². The second-order valence-electron chi connectivity index (χ2n) is 3.70. The van der Waals surface area contributed by atoms with Crippen LogP contribution >= 0.6 is 0 Å². The molecule has 14 heavy (non-hydrogen) atoms. The summed E-state index contributed by atoms with van der Waals surface area (Å²) in [6.45, 7) is 0. The predicted octanol–water partition coefficient (Wildman–Crippen LogP) is 0.825. The molecule has 0 amide bonds. The molecule has 72 valence electrons. The highest BCUT2D eigenvalue weighted by Gasteiger charge is 2.42. The van der Waals surface area contributed by atoms with E-state index in [1.165, 1.54) is 0 Å². The van der Waals surface area contributed by atoms with Gasteiger partial charge in [0.15, 0.2) is 6.23 Å².